The molecule has 5 heteroatoms. The molecule has 3 aliphatic heterocycles. The lowest BCUT2D eigenvalue weighted by molar-refractivity contribution is -0.135. The van der Waals surface area contributed by atoms with E-state index < -0.39 is 0 Å². The van der Waals surface area contributed by atoms with E-state index in [9.17, 15) is 4.79 Å². The molecular weight excluding hydrogens is 266 g/mol. The number of amides is 1. The van der Waals surface area contributed by atoms with E-state index in [1.54, 1.807) is 0 Å². The van der Waals surface area contributed by atoms with E-state index in [-0.39, 0.29) is 6.04 Å². The van der Waals surface area contributed by atoms with E-state index in [0.29, 0.717) is 12.0 Å². The van der Waals surface area contributed by atoms with Gasteiger partial charge in [0.25, 0.3) is 0 Å². The van der Waals surface area contributed by atoms with Crippen LogP contribution in [0.1, 0.15) is 38.5 Å². The lowest BCUT2D eigenvalue weighted by Crippen LogP contribution is -2.54. The van der Waals surface area contributed by atoms with Gasteiger partial charge in [0.2, 0.25) is 5.91 Å². The summed E-state index contributed by atoms with van der Waals surface area (Å²) in [5.74, 6) is 0.327. The van der Waals surface area contributed by atoms with E-state index in [4.69, 9.17) is 4.74 Å². The van der Waals surface area contributed by atoms with Crippen molar-refractivity contribution < 1.29 is 9.53 Å². The van der Waals surface area contributed by atoms with Crippen LogP contribution in [-0.2, 0) is 9.53 Å². The van der Waals surface area contributed by atoms with E-state index in [2.05, 4.69) is 15.1 Å². The molecule has 3 aliphatic rings. The van der Waals surface area contributed by atoms with Crippen LogP contribution in [0, 0.1) is 0 Å². The van der Waals surface area contributed by atoms with Crippen molar-refractivity contribution in [3.63, 3.8) is 0 Å². The average molecular weight is 295 g/mol. The zero-order valence-corrected chi connectivity index (χ0v) is 13.1. The van der Waals surface area contributed by atoms with Crippen molar-refractivity contribution >= 4 is 5.91 Å². The van der Waals surface area contributed by atoms with Gasteiger partial charge < -0.3 is 15.0 Å². The van der Waals surface area contributed by atoms with Crippen LogP contribution >= 0.6 is 0 Å². The Balaban J connectivity index is 1.42. The summed E-state index contributed by atoms with van der Waals surface area (Å²) < 4.78 is 5.71. The maximum absolute atomic E-state index is 12.6. The van der Waals surface area contributed by atoms with E-state index in [0.717, 1.165) is 52.3 Å². The Morgan fingerprint density at radius 1 is 1.05 bits per heavy atom. The van der Waals surface area contributed by atoms with Crippen LogP contribution in [0.25, 0.3) is 0 Å². The van der Waals surface area contributed by atoms with Crippen molar-refractivity contribution in [3.05, 3.63) is 0 Å². The highest BCUT2D eigenvalue weighted by Crippen LogP contribution is 2.16. The fourth-order valence-electron chi connectivity index (χ4n) is 3.69. The minimum absolute atomic E-state index is 0.0669. The van der Waals surface area contributed by atoms with Gasteiger partial charge in [-0.2, -0.15) is 0 Å². The lowest BCUT2D eigenvalue weighted by Gasteiger charge is -2.37. The van der Waals surface area contributed by atoms with Gasteiger partial charge in [-0.1, -0.05) is 12.8 Å². The van der Waals surface area contributed by atoms with Crippen molar-refractivity contribution in [2.24, 2.45) is 0 Å². The van der Waals surface area contributed by atoms with Gasteiger partial charge in [0.1, 0.15) is 0 Å². The molecule has 5 nitrogen and oxygen atoms in total. The Kier molecular flexibility index (Phi) is 5.49. The van der Waals surface area contributed by atoms with Gasteiger partial charge in [0.05, 0.1) is 12.1 Å². The largest absolute Gasteiger partial charge is 0.377 e. The first-order valence-corrected chi connectivity index (χ1v) is 8.69. The van der Waals surface area contributed by atoms with Crippen molar-refractivity contribution in [2.45, 2.75) is 50.7 Å². The maximum atomic E-state index is 12.6. The van der Waals surface area contributed by atoms with E-state index in [1.165, 1.54) is 32.1 Å². The SMILES string of the molecule is O=C(C1CCCCCN1)N1CCN(CC2CCCO2)CC1. The first kappa shape index (κ1) is 15.3. The molecule has 120 valence electrons. The third-order valence-electron chi connectivity index (χ3n) is 5.03. The summed E-state index contributed by atoms with van der Waals surface area (Å²) in [5, 5.41) is 3.42. The summed E-state index contributed by atoms with van der Waals surface area (Å²) in [5.41, 5.74) is 0. The van der Waals surface area contributed by atoms with Gasteiger partial charge in [0, 0.05) is 39.3 Å². The van der Waals surface area contributed by atoms with Gasteiger partial charge >= 0.3 is 0 Å². The zero-order valence-electron chi connectivity index (χ0n) is 13.1. The summed E-state index contributed by atoms with van der Waals surface area (Å²) >= 11 is 0. The molecule has 1 N–H and O–H groups in total. The second-order valence-corrected chi connectivity index (χ2v) is 6.62. The van der Waals surface area contributed by atoms with Crippen LogP contribution in [0.5, 0.6) is 0 Å². The molecule has 0 bridgehead atoms. The monoisotopic (exact) mass is 295 g/mol. The number of nitrogens with zero attached hydrogens (tertiary/aromatic N) is 2. The molecule has 0 aromatic rings. The first-order valence-electron chi connectivity index (χ1n) is 8.69. The molecule has 3 heterocycles. The summed E-state index contributed by atoms with van der Waals surface area (Å²) in [6.07, 6.45) is 7.49. The first-order chi connectivity index (χ1) is 10.3. The lowest BCUT2D eigenvalue weighted by atomic mass is 10.1. The predicted molar refractivity (Wildman–Crippen MR) is 82.3 cm³/mol. The average Bonchev–Trinajstić information content (AvgIpc) is 2.87. The zero-order chi connectivity index (χ0) is 14.5. The number of carbonyl (C=O) groups excluding carboxylic acids is 1. The fourth-order valence-corrected chi connectivity index (χ4v) is 3.69. The number of ether oxygens (including phenoxy) is 1. The quantitative estimate of drug-likeness (QED) is 0.838. The minimum Gasteiger partial charge on any atom is -0.377 e. The van der Waals surface area contributed by atoms with Crippen LogP contribution in [-0.4, -0.2) is 73.7 Å². The predicted octanol–water partition coefficient (Wildman–Crippen LogP) is 0.842. The van der Waals surface area contributed by atoms with E-state index >= 15 is 0 Å². The summed E-state index contributed by atoms with van der Waals surface area (Å²) in [4.78, 5) is 17.1. The molecule has 0 saturated carbocycles. The molecule has 21 heavy (non-hydrogen) atoms. The molecule has 3 fully saturated rings. The highest BCUT2D eigenvalue weighted by atomic mass is 16.5. The van der Waals surface area contributed by atoms with Gasteiger partial charge in [-0.15, -0.1) is 0 Å². The Morgan fingerprint density at radius 2 is 1.90 bits per heavy atom. The van der Waals surface area contributed by atoms with Crippen LogP contribution in [0.3, 0.4) is 0 Å². The maximum Gasteiger partial charge on any atom is 0.239 e. The standard InChI is InChI=1S/C16H29N3O2/c20-16(15-6-2-1-3-7-17-15)19-10-8-18(9-11-19)13-14-5-4-12-21-14/h14-15,17H,1-13H2. The third-order valence-corrected chi connectivity index (χ3v) is 5.03. The van der Waals surface area contributed by atoms with Crippen molar-refractivity contribution in [2.75, 3.05) is 45.9 Å². The summed E-state index contributed by atoms with van der Waals surface area (Å²) in [6.45, 7) is 6.72. The van der Waals surface area contributed by atoms with Gasteiger partial charge in [-0.05, 0) is 32.2 Å². The molecule has 1 amide bonds. The number of piperazine rings is 1. The molecule has 0 spiro atoms. The molecule has 2 unspecified atom stereocenters. The number of nitrogens with one attached hydrogen (secondary N) is 1. The van der Waals surface area contributed by atoms with Crippen molar-refractivity contribution in [1.29, 1.82) is 0 Å². The van der Waals surface area contributed by atoms with Crippen LogP contribution in [0.15, 0.2) is 0 Å². The minimum atomic E-state index is 0.0669. The summed E-state index contributed by atoms with van der Waals surface area (Å²) in [6, 6.07) is 0.0669. The fraction of sp³-hybridized carbons (Fsp3) is 0.938. The van der Waals surface area contributed by atoms with Crippen LogP contribution in [0.4, 0.5) is 0 Å². The van der Waals surface area contributed by atoms with Crippen LogP contribution < -0.4 is 5.32 Å². The van der Waals surface area contributed by atoms with Crippen molar-refractivity contribution in [3.8, 4) is 0 Å². The Hall–Kier alpha value is -0.650. The van der Waals surface area contributed by atoms with Gasteiger partial charge in [-0.3, -0.25) is 9.69 Å². The van der Waals surface area contributed by atoms with Gasteiger partial charge in [0.15, 0.2) is 0 Å². The summed E-state index contributed by atoms with van der Waals surface area (Å²) in [7, 11) is 0. The van der Waals surface area contributed by atoms with Gasteiger partial charge in [-0.25, -0.2) is 0 Å². The number of carbonyl (C=O) groups is 1. The molecule has 3 rings (SSSR count). The third kappa shape index (κ3) is 4.18. The topological polar surface area (TPSA) is 44.8 Å². The number of rotatable bonds is 3. The smallest absolute Gasteiger partial charge is 0.239 e. The molecule has 2 atom stereocenters. The molecule has 3 saturated heterocycles. The Bertz CT molecular complexity index is 328. The number of hydrogen-bond acceptors (Lipinski definition) is 4. The molecule has 0 radical (unpaired) electrons. The number of hydrogen-bond donors (Lipinski definition) is 1. The normalized spacial score (nSPS) is 32.1. The second-order valence-electron chi connectivity index (χ2n) is 6.62. The van der Waals surface area contributed by atoms with E-state index in [1.807, 2.05) is 0 Å². The highest BCUT2D eigenvalue weighted by Gasteiger charge is 2.28. The Labute approximate surface area is 128 Å². The Morgan fingerprint density at radius 3 is 2.67 bits per heavy atom. The molecule has 0 aliphatic carbocycles. The molecule has 0 aromatic carbocycles. The molecule has 0 aromatic heterocycles. The molecular formula is C16H29N3O2. The second kappa shape index (κ2) is 7.56. The van der Waals surface area contributed by atoms with Crippen molar-refractivity contribution in [1.82, 2.24) is 15.1 Å². The van der Waals surface area contributed by atoms with Crippen LogP contribution in [0.2, 0.25) is 0 Å². The highest BCUT2D eigenvalue weighted by molar-refractivity contribution is 5.82.